The molecule has 0 unspecified atom stereocenters. The SMILES string of the molecule is COc1ccc2c(c1)c1ccccc1c1c3ccccc3c(-c3ccccc3)n21. The third-order valence-electron chi connectivity index (χ3n) is 5.85. The van der Waals surface area contributed by atoms with E-state index in [0.717, 1.165) is 5.75 Å². The molecule has 0 N–H and O–H groups in total. The highest BCUT2D eigenvalue weighted by Gasteiger charge is 2.18. The van der Waals surface area contributed by atoms with Crippen molar-refractivity contribution >= 4 is 38.0 Å². The summed E-state index contributed by atoms with van der Waals surface area (Å²) in [4.78, 5) is 0. The zero-order valence-corrected chi connectivity index (χ0v) is 16.1. The summed E-state index contributed by atoms with van der Waals surface area (Å²) in [6, 6.07) is 34.4. The van der Waals surface area contributed by atoms with Crippen LogP contribution in [-0.2, 0) is 0 Å². The fraction of sp³-hybridized carbons (Fsp3) is 0.0370. The fourth-order valence-electron chi connectivity index (χ4n) is 4.61. The van der Waals surface area contributed by atoms with Crippen LogP contribution in [0.4, 0.5) is 0 Å². The second-order valence-electron chi connectivity index (χ2n) is 7.37. The van der Waals surface area contributed by atoms with Crippen molar-refractivity contribution in [1.29, 1.82) is 0 Å². The number of hydrogen-bond acceptors (Lipinski definition) is 1. The van der Waals surface area contributed by atoms with Crippen molar-refractivity contribution in [2.75, 3.05) is 7.11 Å². The van der Waals surface area contributed by atoms with Crippen LogP contribution >= 0.6 is 0 Å². The van der Waals surface area contributed by atoms with Crippen molar-refractivity contribution in [3.63, 3.8) is 0 Å². The molecule has 29 heavy (non-hydrogen) atoms. The Morgan fingerprint density at radius 2 is 1.21 bits per heavy atom. The van der Waals surface area contributed by atoms with Crippen molar-refractivity contribution in [2.24, 2.45) is 0 Å². The van der Waals surface area contributed by atoms with Gasteiger partial charge in [-0.1, -0.05) is 78.9 Å². The maximum atomic E-state index is 5.55. The van der Waals surface area contributed by atoms with E-state index in [4.69, 9.17) is 4.74 Å². The highest BCUT2D eigenvalue weighted by atomic mass is 16.5. The Hall–Kier alpha value is -3.78. The van der Waals surface area contributed by atoms with Crippen LogP contribution in [-0.4, -0.2) is 11.5 Å². The highest BCUT2D eigenvalue weighted by molar-refractivity contribution is 6.22. The van der Waals surface area contributed by atoms with Crippen molar-refractivity contribution < 1.29 is 4.74 Å². The second-order valence-corrected chi connectivity index (χ2v) is 7.37. The van der Waals surface area contributed by atoms with Crippen LogP contribution in [0.25, 0.3) is 49.2 Å². The normalized spacial score (nSPS) is 11.6. The van der Waals surface area contributed by atoms with E-state index < -0.39 is 0 Å². The number of pyridine rings is 1. The summed E-state index contributed by atoms with van der Waals surface area (Å²) in [7, 11) is 1.72. The zero-order valence-electron chi connectivity index (χ0n) is 16.1. The lowest BCUT2D eigenvalue weighted by atomic mass is 10.0. The molecule has 0 bridgehead atoms. The van der Waals surface area contributed by atoms with Gasteiger partial charge in [0.15, 0.2) is 0 Å². The number of benzene rings is 4. The first kappa shape index (κ1) is 16.2. The van der Waals surface area contributed by atoms with Gasteiger partial charge in [0.25, 0.3) is 0 Å². The Morgan fingerprint density at radius 1 is 0.586 bits per heavy atom. The molecular formula is C27H19NO. The molecule has 0 amide bonds. The van der Waals surface area contributed by atoms with E-state index in [2.05, 4.69) is 101 Å². The van der Waals surface area contributed by atoms with Crippen LogP contribution in [0.3, 0.4) is 0 Å². The molecule has 138 valence electrons. The van der Waals surface area contributed by atoms with Crippen LogP contribution in [0, 0.1) is 0 Å². The molecule has 0 atom stereocenters. The van der Waals surface area contributed by atoms with Gasteiger partial charge in [0, 0.05) is 21.5 Å². The first-order valence-electron chi connectivity index (χ1n) is 9.84. The monoisotopic (exact) mass is 373 g/mol. The average molecular weight is 373 g/mol. The minimum Gasteiger partial charge on any atom is -0.497 e. The first-order chi connectivity index (χ1) is 14.4. The third-order valence-corrected chi connectivity index (χ3v) is 5.85. The fourth-order valence-corrected chi connectivity index (χ4v) is 4.61. The van der Waals surface area contributed by atoms with Crippen LogP contribution in [0.15, 0.2) is 97.1 Å². The van der Waals surface area contributed by atoms with E-state index in [1.165, 1.54) is 49.2 Å². The molecule has 2 heteroatoms. The molecule has 0 saturated heterocycles. The van der Waals surface area contributed by atoms with E-state index in [1.807, 2.05) is 0 Å². The molecule has 0 saturated carbocycles. The molecule has 6 aromatic rings. The minimum atomic E-state index is 0.875. The molecule has 0 spiro atoms. The first-order valence-corrected chi connectivity index (χ1v) is 9.84. The lowest BCUT2D eigenvalue weighted by Gasteiger charge is -2.13. The molecule has 2 aromatic heterocycles. The van der Waals surface area contributed by atoms with Crippen molar-refractivity contribution in [3.8, 4) is 17.0 Å². The predicted octanol–water partition coefficient (Wildman–Crippen LogP) is 7.07. The van der Waals surface area contributed by atoms with Gasteiger partial charge < -0.3 is 9.14 Å². The molecule has 2 nitrogen and oxygen atoms in total. The lowest BCUT2D eigenvalue weighted by Crippen LogP contribution is -1.94. The summed E-state index contributed by atoms with van der Waals surface area (Å²) in [5.41, 5.74) is 4.90. The Bertz CT molecular complexity index is 1530. The standard InChI is InChI=1S/C27H19NO/c1-29-19-15-16-25-24(17-19)20-11-5-6-12-21(20)27-23-14-8-7-13-22(23)26(28(25)27)18-9-3-2-4-10-18/h2-17H,1H3. The molecular weight excluding hydrogens is 354 g/mol. The summed E-state index contributed by atoms with van der Waals surface area (Å²) in [5, 5.41) is 6.25. The van der Waals surface area contributed by atoms with Gasteiger partial charge in [-0.2, -0.15) is 0 Å². The van der Waals surface area contributed by atoms with E-state index in [0.29, 0.717) is 0 Å². The maximum absolute atomic E-state index is 5.55. The summed E-state index contributed by atoms with van der Waals surface area (Å²) < 4.78 is 7.98. The number of fused-ring (bicyclic) bond motifs is 8. The molecule has 0 fully saturated rings. The van der Waals surface area contributed by atoms with Gasteiger partial charge in [0.05, 0.1) is 23.8 Å². The van der Waals surface area contributed by atoms with E-state index in [1.54, 1.807) is 7.11 Å². The summed E-state index contributed by atoms with van der Waals surface area (Å²) in [6.07, 6.45) is 0. The van der Waals surface area contributed by atoms with E-state index >= 15 is 0 Å². The molecule has 2 heterocycles. The van der Waals surface area contributed by atoms with Gasteiger partial charge in [-0.3, -0.25) is 0 Å². The molecule has 0 aliphatic rings. The van der Waals surface area contributed by atoms with Gasteiger partial charge >= 0.3 is 0 Å². The van der Waals surface area contributed by atoms with Gasteiger partial charge in [-0.05, 0) is 29.1 Å². The smallest absolute Gasteiger partial charge is 0.119 e. The van der Waals surface area contributed by atoms with Gasteiger partial charge in [0.2, 0.25) is 0 Å². The topological polar surface area (TPSA) is 13.6 Å². The number of methoxy groups -OCH3 is 1. The maximum Gasteiger partial charge on any atom is 0.119 e. The summed E-state index contributed by atoms with van der Waals surface area (Å²) in [6.45, 7) is 0. The Labute approximate surface area is 168 Å². The third kappa shape index (κ3) is 2.23. The number of rotatable bonds is 2. The molecule has 0 aliphatic carbocycles. The number of nitrogens with zero attached hydrogens (tertiary/aromatic N) is 1. The minimum absolute atomic E-state index is 0.875. The van der Waals surface area contributed by atoms with Gasteiger partial charge in [0.1, 0.15) is 5.75 Å². The van der Waals surface area contributed by atoms with Crippen LogP contribution in [0.1, 0.15) is 0 Å². The quantitative estimate of drug-likeness (QED) is 0.296. The molecule has 6 rings (SSSR count). The van der Waals surface area contributed by atoms with Gasteiger partial charge in [-0.25, -0.2) is 0 Å². The Morgan fingerprint density at radius 3 is 1.93 bits per heavy atom. The summed E-state index contributed by atoms with van der Waals surface area (Å²) >= 11 is 0. The molecule has 4 aromatic carbocycles. The van der Waals surface area contributed by atoms with Crippen LogP contribution in [0.5, 0.6) is 5.75 Å². The van der Waals surface area contributed by atoms with Gasteiger partial charge in [-0.15, -0.1) is 0 Å². The predicted molar refractivity (Wildman–Crippen MR) is 122 cm³/mol. The van der Waals surface area contributed by atoms with Crippen molar-refractivity contribution in [2.45, 2.75) is 0 Å². The van der Waals surface area contributed by atoms with E-state index in [9.17, 15) is 0 Å². The Balaban J connectivity index is 1.97. The van der Waals surface area contributed by atoms with E-state index in [-0.39, 0.29) is 0 Å². The number of ether oxygens (including phenoxy) is 1. The van der Waals surface area contributed by atoms with Crippen molar-refractivity contribution in [3.05, 3.63) is 97.1 Å². The Kier molecular flexibility index (Phi) is 3.41. The summed E-state index contributed by atoms with van der Waals surface area (Å²) in [5.74, 6) is 0.875. The average Bonchev–Trinajstić information content (AvgIpc) is 3.15. The number of aromatic nitrogens is 1. The second kappa shape index (κ2) is 6.11. The largest absolute Gasteiger partial charge is 0.497 e. The van der Waals surface area contributed by atoms with Crippen molar-refractivity contribution in [1.82, 2.24) is 4.40 Å². The van der Waals surface area contributed by atoms with Crippen LogP contribution < -0.4 is 4.74 Å². The van der Waals surface area contributed by atoms with Crippen LogP contribution in [0.2, 0.25) is 0 Å². The molecule has 0 radical (unpaired) electrons. The molecule has 0 aliphatic heterocycles. The lowest BCUT2D eigenvalue weighted by molar-refractivity contribution is 0.415. The zero-order chi connectivity index (χ0) is 19.4. The highest BCUT2D eigenvalue weighted by Crippen LogP contribution is 2.41. The number of hydrogen-bond donors (Lipinski definition) is 0.